The van der Waals surface area contributed by atoms with Gasteiger partial charge in [-0.25, -0.2) is 0 Å². The van der Waals surface area contributed by atoms with E-state index in [1.165, 1.54) is 0 Å². The van der Waals surface area contributed by atoms with Crippen molar-refractivity contribution in [2.24, 2.45) is 7.05 Å². The number of aryl methyl sites for hydroxylation is 2. The molecular formula is C16H23N3O2. The lowest BCUT2D eigenvalue weighted by Gasteiger charge is -2.12. The molecule has 2 aromatic rings. The SMILES string of the molecule is CNCc1ccccc1OCCOc1c(C)nn(C)c1C. The summed E-state index contributed by atoms with van der Waals surface area (Å²) in [6, 6.07) is 8.03. The number of nitrogens with one attached hydrogen (secondary N) is 1. The van der Waals surface area contributed by atoms with E-state index >= 15 is 0 Å². The average molecular weight is 289 g/mol. The molecule has 0 saturated heterocycles. The predicted molar refractivity (Wildman–Crippen MR) is 82.9 cm³/mol. The van der Waals surface area contributed by atoms with Gasteiger partial charge in [-0.3, -0.25) is 4.68 Å². The maximum absolute atomic E-state index is 5.81. The third-order valence-electron chi connectivity index (χ3n) is 3.37. The Labute approximate surface area is 125 Å². The zero-order chi connectivity index (χ0) is 15.2. The first-order valence-corrected chi connectivity index (χ1v) is 7.11. The maximum Gasteiger partial charge on any atom is 0.163 e. The number of hydrogen-bond acceptors (Lipinski definition) is 4. The summed E-state index contributed by atoms with van der Waals surface area (Å²) in [5.41, 5.74) is 3.09. The van der Waals surface area contributed by atoms with Crippen LogP contribution in [-0.2, 0) is 13.6 Å². The van der Waals surface area contributed by atoms with E-state index in [9.17, 15) is 0 Å². The second kappa shape index (κ2) is 7.13. The Bertz CT molecular complexity index is 593. The minimum absolute atomic E-state index is 0.501. The van der Waals surface area contributed by atoms with Crippen LogP contribution in [0.25, 0.3) is 0 Å². The zero-order valence-electron chi connectivity index (χ0n) is 13.1. The Hall–Kier alpha value is -2.01. The summed E-state index contributed by atoms with van der Waals surface area (Å²) in [5.74, 6) is 1.75. The van der Waals surface area contributed by atoms with E-state index in [-0.39, 0.29) is 0 Å². The number of ether oxygens (including phenoxy) is 2. The van der Waals surface area contributed by atoms with Crippen molar-refractivity contribution >= 4 is 0 Å². The van der Waals surface area contributed by atoms with Crippen molar-refractivity contribution in [1.82, 2.24) is 15.1 Å². The number of benzene rings is 1. The van der Waals surface area contributed by atoms with Gasteiger partial charge in [0.2, 0.25) is 0 Å². The van der Waals surface area contributed by atoms with Crippen LogP contribution in [0.3, 0.4) is 0 Å². The van der Waals surface area contributed by atoms with E-state index in [1.807, 2.05) is 50.8 Å². The van der Waals surface area contributed by atoms with Gasteiger partial charge in [0.05, 0.1) is 5.69 Å². The molecule has 114 valence electrons. The molecule has 0 aliphatic rings. The molecule has 0 radical (unpaired) electrons. The zero-order valence-corrected chi connectivity index (χ0v) is 13.1. The molecule has 0 amide bonds. The first kappa shape index (κ1) is 15.4. The van der Waals surface area contributed by atoms with Gasteiger partial charge in [-0.15, -0.1) is 0 Å². The first-order valence-electron chi connectivity index (χ1n) is 7.11. The Morgan fingerprint density at radius 3 is 2.52 bits per heavy atom. The van der Waals surface area contributed by atoms with Crippen molar-refractivity contribution in [1.29, 1.82) is 0 Å². The smallest absolute Gasteiger partial charge is 0.163 e. The van der Waals surface area contributed by atoms with Crippen LogP contribution in [0.4, 0.5) is 0 Å². The quantitative estimate of drug-likeness (QED) is 0.794. The fraction of sp³-hybridized carbons (Fsp3) is 0.438. The van der Waals surface area contributed by atoms with E-state index in [0.29, 0.717) is 13.2 Å². The molecule has 1 heterocycles. The lowest BCUT2D eigenvalue weighted by molar-refractivity contribution is 0.214. The molecule has 5 heteroatoms. The second-order valence-electron chi connectivity index (χ2n) is 4.96. The second-order valence-corrected chi connectivity index (χ2v) is 4.96. The maximum atomic E-state index is 5.81. The molecule has 2 rings (SSSR count). The van der Waals surface area contributed by atoms with Crippen molar-refractivity contribution in [3.05, 3.63) is 41.2 Å². The van der Waals surface area contributed by atoms with E-state index < -0.39 is 0 Å². The summed E-state index contributed by atoms with van der Waals surface area (Å²) < 4.78 is 13.4. The molecule has 1 N–H and O–H groups in total. The number of rotatable bonds is 7. The van der Waals surface area contributed by atoms with Crippen LogP contribution in [0.2, 0.25) is 0 Å². The standard InChI is InChI=1S/C16H23N3O2/c1-12-16(13(2)19(4)18-12)21-10-9-20-15-8-6-5-7-14(15)11-17-3/h5-8,17H,9-11H2,1-4H3. The van der Waals surface area contributed by atoms with E-state index in [4.69, 9.17) is 9.47 Å². The molecule has 0 fully saturated rings. The Morgan fingerprint density at radius 2 is 1.86 bits per heavy atom. The van der Waals surface area contributed by atoms with Crippen LogP contribution < -0.4 is 14.8 Å². The summed E-state index contributed by atoms with van der Waals surface area (Å²) in [6.07, 6.45) is 0. The van der Waals surface area contributed by atoms with Crippen molar-refractivity contribution in [2.75, 3.05) is 20.3 Å². The molecule has 1 aromatic heterocycles. The monoisotopic (exact) mass is 289 g/mol. The summed E-state index contributed by atoms with van der Waals surface area (Å²) in [7, 11) is 3.84. The van der Waals surface area contributed by atoms with Crippen LogP contribution in [0.15, 0.2) is 24.3 Å². The van der Waals surface area contributed by atoms with Gasteiger partial charge in [0.25, 0.3) is 0 Å². The third kappa shape index (κ3) is 3.76. The van der Waals surface area contributed by atoms with Crippen molar-refractivity contribution in [2.45, 2.75) is 20.4 Å². The Kier molecular flexibility index (Phi) is 5.22. The first-order chi connectivity index (χ1) is 10.1. The van der Waals surface area contributed by atoms with Gasteiger partial charge in [-0.1, -0.05) is 18.2 Å². The Balaban J connectivity index is 1.88. The van der Waals surface area contributed by atoms with Crippen LogP contribution in [0.5, 0.6) is 11.5 Å². The van der Waals surface area contributed by atoms with Crippen LogP contribution in [-0.4, -0.2) is 30.0 Å². The highest BCUT2D eigenvalue weighted by Gasteiger charge is 2.10. The molecule has 0 aliphatic heterocycles. The normalized spacial score (nSPS) is 10.7. The minimum Gasteiger partial charge on any atom is -0.490 e. The van der Waals surface area contributed by atoms with Gasteiger partial charge in [-0.2, -0.15) is 5.10 Å². The fourth-order valence-electron chi connectivity index (χ4n) is 2.24. The minimum atomic E-state index is 0.501. The van der Waals surface area contributed by atoms with Crippen molar-refractivity contribution < 1.29 is 9.47 Å². The number of aromatic nitrogens is 2. The van der Waals surface area contributed by atoms with Crippen LogP contribution in [0.1, 0.15) is 17.0 Å². The van der Waals surface area contributed by atoms with Crippen molar-refractivity contribution in [3.8, 4) is 11.5 Å². The summed E-state index contributed by atoms with van der Waals surface area (Å²) in [4.78, 5) is 0. The van der Waals surface area contributed by atoms with Crippen LogP contribution in [0, 0.1) is 13.8 Å². The fourth-order valence-corrected chi connectivity index (χ4v) is 2.24. The summed E-state index contributed by atoms with van der Waals surface area (Å²) >= 11 is 0. The van der Waals surface area contributed by atoms with Gasteiger partial charge in [0.15, 0.2) is 5.75 Å². The highest BCUT2D eigenvalue weighted by molar-refractivity contribution is 5.33. The van der Waals surface area contributed by atoms with Gasteiger partial charge in [-0.05, 0) is 27.0 Å². The lowest BCUT2D eigenvalue weighted by atomic mass is 10.2. The molecule has 0 unspecified atom stereocenters. The number of hydrogen-bond donors (Lipinski definition) is 1. The molecule has 0 saturated carbocycles. The Morgan fingerprint density at radius 1 is 1.14 bits per heavy atom. The molecule has 0 spiro atoms. The van der Waals surface area contributed by atoms with Gasteiger partial charge in [0.1, 0.15) is 24.7 Å². The van der Waals surface area contributed by atoms with E-state index in [1.54, 1.807) is 0 Å². The highest BCUT2D eigenvalue weighted by Crippen LogP contribution is 2.21. The molecular weight excluding hydrogens is 266 g/mol. The average Bonchev–Trinajstić information content (AvgIpc) is 2.71. The van der Waals surface area contributed by atoms with Gasteiger partial charge < -0.3 is 14.8 Å². The van der Waals surface area contributed by atoms with Gasteiger partial charge in [0, 0.05) is 19.2 Å². The largest absolute Gasteiger partial charge is 0.490 e. The van der Waals surface area contributed by atoms with E-state index in [2.05, 4.69) is 16.5 Å². The summed E-state index contributed by atoms with van der Waals surface area (Å²) in [5, 5.41) is 7.46. The molecule has 0 atom stereocenters. The van der Waals surface area contributed by atoms with E-state index in [0.717, 1.165) is 35.0 Å². The third-order valence-corrected chi connectivity index (χ3v) is 3.37. The lowest BCUT2D eigenvalue weighted by Crippen LogP contribution is -2.12. The molecule has 1 aromatic carbocycles. The summed E-state index contributed by atoms with van der Waals surface area (Å²) in [6.45, 7) is 5.75. The topological polar surface area (TPSA) is 48.3 Å². The molecule has 0 aliphatic carbocycles. The van der Waals surface area contributed by atoms with Gasteiger partial charge >= 0.3 is 0 Å². The number of para-hydroxylation sites is 1. The molecule has 5 nitrogen and oxygen atoms in total. The molecule has 0 bridgehead atoms. The highest BCUT2D eigenvalue weighted by atomic mass is 16.5. The van der Waals surface area contributed by atoms with Crippen molar-refractivity contribution in [3.63, 3.8) is 0 Å². The predicted octanol–water partition coefficient (Wildman–Crippen LogP) is 2.21. The van der Waals surface area contributed by atoms with Crippen LogP contribution >= 0.6 is 0 Å². The number of nitrogens with zero attached hydrogens (tertiary/aromatic N) is 2. The molecule has 21 heavy (non-hydrogen) atoms.